The number of alkyl halides is 3. The molecule has 0 unspecified atom stereocenters. The van der Waals surface area contributed by atoms with Crippen molar-refractivity contribution in [3.8, 4) is 5.75 Å². The maximum absolute atomic E-state index is 14.1. The number of benzene rings is 2. The zero-order chi connectivity index (χ0) is 27.9. The van der Waals surface area contributed by atoms with Crippen LogP contribution in [-0.4, -0.2) is 40.7 Å². The summed E-state index contributed by atoms with van der Waals surface area (Å²) in [5.74, 6) is -1.89. The number of aromatic nitrogens is 1. The second-order valence-electron chi connectivity index (χ2n) is 9.86. The lowest BCUT2D eigenvalue weighted by molar-refractivity contribution is -0.274. The fourth-order valence-electron chi connectivity index (χ4n) is 4.84. The van der Waals surface area contributed by atoms with Crippen LogP contribution in [0, 0.1) is 11.7 Å². The van der Waals surface area contributed by atoms with Gasteiger partial charge in [-0.15, -0.1) is 13.2 Å². The van der Waals surface area contributed by atoms with E-state index in [1.807, 2.05) is 0 Å². The Morgan fingerprint density at radius 2 is 1.72 bits per heavy atom. The first kappa shape index (κ1) is 27.1. The lowest BCUT2D eigenvalue weighted by Gasteiger charge is -2.31. The third-order valence-corrected chi connectivity index (χ3v) is 7.31. The first-order valence-electron chi connectivity index (χ1n) is 12.5. The van der Waals surface area contributed by atoms with E-state index < -0.39 is 29.3 Å². The summed E-state index contributed by atoms with van der Waals surface area (Å²) in [6.07, 6.45) is -0.140. The molecule has 1 saturated carbocycles. The van der Waals surface area contributed by atoms with Crippen LogP contribution < -0.4 is 15.6 Å². The zero-order valence-corrected chi connectivity index (χ0v) is 21.3. The van der Waals surface area contributed by atoms with Crippen molar-refractivity contribution in [3.05, 3.63) is 74.8 Å². The Balaban J connectivity index is 1.20. The number of carbonyl (C=O) groups is 2. The monoisotopic (exact) mass is 565 g/mol. The Morgan fingerprint density at radius 1 is 1.05 bits per heavy atom. The van der Waals surface area contributed by atoms with E-state index >= 15 is 0 Å². The van der Waals surface area contributed by atoms with Crippen LogP contribution in [0.3, 0.4) is 0 Å². The van der Waals surface area contributed by atoms with E-state index in [0.29, 0.717) is 37.0 Å². The molecule has 2 aromatic carbocycles. The molecule has 1 aliphatic heterocycles. The van der Waals surface area contributed by atoms with Crippen LogP contribution >= 0.6 is 11.6 Å². The molecule has 0 radical (unpaired) electrons. The van der Waals surface area contributed by atoms with Crippen LogP contribution in [0.1, 0.15) is 58.9 Å². The first-order valence-corrected chi connectivity index (χ1v) is 12.8. The minimum absolute atomic E-state index is 0.0252. The van der Waals surface area contributed by atoms with Gasteiger partial charge in [0.15, 0.2) is 5.78 Å². The van der Waals surface area contributed by atoms with Crippen molar-refractivity contribution < 1.29 is 31.9 Å². The third kappa shape index (κ3) is 6.25. The molecular formula is C27H24ClF4N3O4. The van der Waals surface area contributed by atoms with E-state index in [9.17, 15) is 31.9 Å². The summed E-state index contributed by atoms with van der Waals surface area (Å²) >= 11 is 5.93. The van der Waals surface area contributed by atoms with Crippen LogP contribution in [0.15, 0.2) is 47.4 Å². The number of hydrogen-bond acceptors (Lipinski definition) is 5. The standard InChI is InChI=1S/C27H24ClF4N3O4/c28-21-13-23-19(12-22(21)29)25(37)20(14-35(23)17-3-4-17)26(38)33-34-9-7-15(8-10-34)11-24(36)16-1-5-18(6-2-16)39-27(30,31)32/h1-2,5-6,12-15,17H,3-4,7-11H2,(H,33,38). The molecular weight excluding hydrogens is 542 g/mol. The maximum Gasteiger partial charge on any atom is 0.573 e. The Labute approximate surface area is 225 Å². The third-order valence-electron chi connectivity index (χ3n) is 7.02. The molecule has 7 nitrogen and oxygen atoms in total. The Morgan fingerprint density at radius 3 is 2.33 bits per heavy atom. The van der Waals surface area contributed by atoms with Gasteiger partial charge in [0, 0.05) is 42.7 Å². The number of hydrazine groups is 1. The largest absolute Gasteiger partial charge is 0.573 e. The molecule has 3 aromatic rings. The first-order chi connectivity index (χ1) is 18.5. The molecule has 0 atom stereocenters. The van der Waals surface area contributed by atoms with Gasteiger partial charge in [0.25, 0.3) is 5.91 Å². The molecule has 1 aromatic heterocycles. The van der Waals surface area contributed by atoms with E-state index in [1.54, 1.807) is 9.58 Å². The summed E-state index contributed by atoms with van der Waals surface area (Å²) in [7, 11) is 0. The van der Waals surface area contributed by atoms with Gasteiger partial charge in [0.2, 0.25) is 5.43 Å². The fourth-order valence-corrected chi connectivity index (χ4v) is 4.99. The van der Waals surface area contributed by atoms with Crippen LogP contribution in [0.2, 0.25) is 5.02 Å². The van der Waals surface area contributed by atoms with Crippen LogP contribution in [0.25, 0.3) is 10.9 Å². The normalized spacial score (nSPS) is 16.8. The van der Waals surface area contributed by atoms with Gasteiger partial charge in [-0.05, 0) is 68.0 Å². The summed E-state index contributed by atoms with van der Waals surface area (Å²) in [4.78, 5) is 38.7. The molecule has 1 N–H and O–H groups in total. The topological polar surface area (TPSA) is 80.6 Å². The number of rotatable bonds is 7. The minimum atomic E-state index is -4.80. The van der Waals surface area contributed by atoms with Crippen molar-refractivity contribution in [1.29, 1.82) is 0 Å². The number of ether oxygens (including phenoxy) is 1. The lowest BCUT2D eigenvalue weighted by atomic mass is 9.90. The molecule has 2 fully saturated rings. The van der Waals surface area contributed by atoms with Gasteiger partial charge in [-0.3, -0.25) is 19.8 Å². The SMILES string of the molecule is O=C(CC1CCN(NC(=O)c2cn(C3CC3)c3cc(Cl)c(F)cc3c2=O)CC1)c1ccc(OC(F)(F)F)cc1. The second-order valence-corrected chi connectivity index (χ2v) is 10.3. The predicted molar refractivity (Wildman–Crippen MR) is 135 cm³/mol. The van der Waals surface area contributed by atoms with Crippen LogP contribution in [-0.2, 0) is 0 Å². The smallest absolute Gasteiger partial charge is 0.406 e. The molecule has 1 aliphatic carbocycles. The number of ketones is 1. The number of Topliss-reactive ketones (excluding diaryl/α,β-unsaturated/α-hetero) is 1. The van der Waals surface area contributed by atoms with Crippen molar-refractivity contribution in [2.24, 2.45) is 5.92 Å². The number of pyridine rings is 1. The quantitative estimate of drug-likeness (QED) is 0.295. The van der Waals surface area contributed by atoms with Gasteiger partial charge >= 0.3 is 6.36 Å². The fraction of sp³-hybridized carbons (Fsp3) is 0.370. The average Bonchev–Trinajstić information content (AvgIpc) is 3.71. The number of piperidine rings is 1. The van der Waals surface area contributed by atoms with E-state index in [1.165, 1.54) is 24.4 Å². The zero-order valence-electron chi connectivity index (χ0n) is 20.6. The highest BCUT2D eigenvalue weighted by molar-refractivity contribution is 6.31. The highest BCUT2D eigenvalue weighted by Gasteiger charge is 2.31. The number of fused-ring (bicyclic) bond motifs is 1. The molecule has 1 saturated heterocycles. The molecule has 206 valence electrons. The molecule has 2 heterocycles. The predicted octanol–water partition coefficient (Wildman–Crippen LogP) is 5.66. The maximum atomic E-state index is 14.1. The Bertz CT molecular complexity index is 1480. The van der Waals surface area contributed by atoms with Crippen LogP contribution in [0.5, 0.6) is 5.75 Å². The van der Waals surface area contributed by atoms with Crippen molar-refractivity contribution in [3.63, 3.8) is 0 Å². The lowest BCUT2D eigenvalue weighted by Crippen LogP contribution is -2.47. The molecule has 0 bridgehead atoms. The van der Waals surface area contributed by atoms with E-state index in [0.717, 1.165) is 31.0 Å². The summed E-state index contributed by atoms with van der Waals surface area (Å²) in [5, 5.41) is 1.68. The number of nitrogens with one attached hydrogen (secondary N) is 1. The van der Waals surface area contributed by atoms with Gasteiger partial charge in [-0.2, -0.15) is 0 Å². The highest BCUT2D eigenvalue weighted by Crippen LogP contribution is 2.37. The summed E-state index contributed by atoms with van der Waals surface area (Å²) in [6.45, 7) is 0.882. The number of amides is 1. The second kappa shape index (κ2) is 10.6. The van der Waals surface area contributed by atoms with Gasteiger partial charge in [0.1, 0.15) is 17.1 Å². The van der Waals surface area contributed by atoms with Gasteiger partial charge in [-0.25, -0.2) is 9.40 Å². The number of nitrogens with zero attached hydrogens (tertiary/aromatic N) is 2. The van der Waals surface area contributed by atoms with E-state index in [4.69, 9.17) is 11.6 Å². The van der Waals surface area contributed by atoms with Gasteiger partial charge in [-0.1, -0.05) is 11.6 Å². The van der Waals surface area contributed by atoms with E-state index in [-0.39, 0.29) is 40.1 Å². The molecule has 39 heavy (non-hydrogen) atoms. The molecule has 5 rings (SSSR count). The van der Waals surface area contributed by atoms with Crippen molar-refractivity contribution >= 4 is 34.2 Å². The summed E-state index contributed by atoms with van der Waals surface area (Å²) in [5.41, 5.74) is 2.86. The number of halogens is 5. The van der Waals surface area contributed by atoms with E-state index in [2.05, 4.69) is 10.2 Å². The van der Waals surface area contributed by atoms with Gasteiger partial charge < -0.3 is 9.30 Å². The van der Waals surface area contributed by atoms with Crippen LogP contribution in [0.4, 0.5) is 17.6 Å². The Hall–Kier alpha value is -3.44. The van der Waals surface area contributed by atoms with Crippen molar-refractivity contribution in [1.82, 2.24) is 15.0 Å². The summed E-state index contributed by atoms with van der Waals surface area (Å²) in [6, 6.07) is 7.40. The highest BCUT2D eigenvalue weighted by atomic mass is 35.5. The van der Waals surface area contributed by atoms with Gasteiger partial charge in [0.05, 0.1) is 10.5 Å². The van der Waals surface area contributed by atoms with Crippen molar-refractivity contribution in [2.45, 2.75) is 44.5 Å². The molecule has 0 spiro atoms. The minimum Gasteiger partial charge on any atom is -0.406 e. The van der Waals surface area contributed by atoms with Crippen molar-refractivity contribution in [2.75, 3.05) is 13.1 Å². The molecule has 1 amide bonds. The molecule has 12 heteroatoms. The summed E-state index contributed by atoms with van der Waals surface area (Å²) < 4.78 is 56.7. The average molecular weight is 566 g/mol. The molecule has 2 aliphatic rings. The number of carbonyl (C=O) groups excluding carboxylic acids is 2. The number of hydrogen-bond donors (Lipinski definition) is 1. The Kier molecular flexibility index (Phi) is 7.39.